The molecule has 3 nitrogen and oxygen atoms in total. The van der Waals surface area contributed by atoms with Gasteiger partial charge in [-0.25, -0.2) is 0 Å². The molecule has 0 atom stereocenters. The van der Waals surface area contributed by atoms with Crippen molar-refractivity contribution in [1.82, 2.24) is 0 Å². The van der Waals surface area contributed by atoms with Crippen LogP contribution in [0.3, 0.4) is 0 Å². The Hall–Kier alpha value is -1.77. The number of hydrogen-bond acceptors (Lipinski definition) is 2. The largest absolute Gasteiger partial charge is 0.397 e. The van der Waals surface area contributed by atoms with E-state index in [4.69, 9.17) is 5.73 Å². The normalized spacial score (nSPS) is 18.7. The molecule has 1 amide bonds. The van der Waals surface area contributed by atoms with Gasteiger partial charge in [0.2, 0.25) is 5.91 Å². The number of amides is 1. The van der Waals surface area contributed by atoms with Gasteiger partial charge in [0.05, 0.1) is 11.4 Å². The van der Waals surface area contributed by atoms with Gasteiger partial charge in [-0.15, -0.1) is 0 Å². The van der Waals surface area contributed by atoms with Crippen LogP contribution in [0.25, 0.3) is 0 Å². The number of anilines is 2. The molecule has 0 saturated heterocycles. The zero-order valence-corrected chi connectivity index (χ0v) is 9.73. The van der Waals surface area contributed by atoms with Gasteiger partial charge in [0.1, 0.15) is 0 Å². The summed E-state index contributed by atoms with van der Waals surface area (Å²) in [5.74, 6) is 0.354. The lowest BCUT2D eigenvalue weighted by molar-refractivity contribution is -0.121. The molecule has 3 rings (SSSR count). The third kappa shape index (κ3) is 1.62. The lowest BCUT2D eigenvalue weighted by atomic mass is 10.1. The maximum absolute atomic E-state index is 12.4. The molecular weight excluding hydrogens is 212 g/mol. The fourth-order valence-corrected chi connectivity index (χ4v) is 2.75. The Balaban J connectivity index is 1.90. The molecule has 0 spiro atoms. The average Bonchev–Trinajstić information content (AvgIpc) is 2.98. The number of carbonyl (C=O) groups is 1. The molecule has 0 bridgehead atoms. The average molecular weight is 228 g/mol. The van der Waals surface area contributed by atoms with Crippen molar-refractivity contribution in [3.63, 3.8) is 0 Å². The molecule has 1 aliphatic carbocycles. The van der Waals surface area contributed by atoms with E-state index in [2.05, 4.69) is 18.2 Å². The van der Waals surface area contributed by atoms with Crippen molar-refractivity contribution < 1.29 is 4.79 Å². The predicted molar refractivity (Wildman–Crippen MR) is 68.8 cm³/mol. The monoisotopic (exact) mass is 228 g/mol. The van der Waals surface area contributed by atoms with Crippen LogP contribution in [0.15, 0.2) is 30.4 Å². The van der Waals surface area contributed by atoms with E-state index in [9.17, 15) is 4.79 Å². The van der Waals surface area contributed by atoms with E-state index in [1.807, 2.05) is 17.0 Å². The zero-order valence-electron chi connectivity index (χ0n) is 9.73. The second-order valence-corrected chi connectivity index (χ2v) is 4.73. The van der Waals surface area contributed by atoms with E-state index < -0.39 is 0 Å². The molecule has 1 aliphatic heterocycles. The minimum absolute atomic E-state index is 0.126. The molecule has 2 N–H and O–H groups in total. The number of benzene rings is 1. The van der Waals surface area contributed by atoms with Crippen molar-refractivity contribution in [3.05, 3.63) is 35.9 Å². The van der Waals surface area contributed by atoms with Crippen LogP contribution in [-0.4, -0.2) is 12.5 Å². The number of fused-ring (bicyclic) bond motifs is 1. The number of nitrogens with two attached hydrogens (primary N) is 1. The summed E-state index contributed by atoms with van der Waals surface area (Å²) in [4.78, 5) is 14.3. The molecule has 17 heavy (non-hydrogen) atoms. The fourth-order valence-electron chi connectivity index (χ4n) is 2.75. The van der Waals surface area contributed by atoms with Gasteiger partial charge < -0.3 is 10.6 Å². The Kier molecular flexibility index (Phi) is 2.39. The Morgan fingerprint density at radius 2 is 2.06 bits per heavy atom. The van der Waals surface area contributed by atoms with Crippen molar-refractivity contribution in [3.8, 4) is 0 Å². The highest BCUT2D eigenvalue weighted by atomic mass is 16.2. The molecule has 0 radical (unpaired) electrons. The molecule has 2 aliphatic rings. The van der Waals surface area contributed by atoms with Crippen molar-refractivity contribution in [2.24, 2.45) is 5.92 Å². The van der Waals surface area contributed by atoms with E-state index in [0.29, 0.717) is 0 Å². The first-order valence-corrected chi connectivity index (χ1v) is 6.11. The van der Waals surface area contributed by atoms with E-state index in [1.54, 1.807) is 0 Å². The third-order valence-electron chi connectivity index (χ3n) is 3.65. The molecule has 3 heteroatoms. The topological polar surface area (TPSA) is 46.3 Å². The minimum Gasteiger partial charge on any atom is -0.397 e. The third-order valence-corrected chi connectivity index (χ3v) is 3.65. The van der Waals surface area contributed by atoms with Crippen LogP contribution in [-0.2, 0) is 11.2 Å². The Labute approximate surface area is 101 Å². The van der Waals surface area contributed by atoms with Crippen molar-refractivity contribution in [2.45, 2.75) is 19.3 Å². The lowest BCUT2D eigenvalue weighted by Gasteiger charge is -2.22. The van der Waals surface area contributed by atoms with Crippen LogP contribution in [0.2, 0.25) is 0 Å². The van der Waals surface area contributed by atoms with E-state index in [0.717, 1.165) is 37.2 Å². The molecule has 1 heterocycles. The molecule has 1 aromatic rings. The maximum Gasteiger partial charge on any atom is 0.230 e. The van der Waals surface area contributed by atoms with Gasteiger partial charge in [0.15, 0.2) is 0 Å². The number of nitrogens with zero attached hydrogens (tertiary/aromatic N) is 1. The SMILES string of the molecule is Nc1cccc2c1N(C(=O)C1CC=CC1)CC2. The number of para-hydroxylation sites is 1. The molecule has 0 unspecified atom stereocenters. The highest BCUT2D eigenvalue weighted by molar-refractivity contribution is 6.00. The number of rotatable bonds is 1. The Morgan fingerprint density at radius 3 is 2.82 bits per heavy atom. The fraction of sp³-hybridized carbons (Fsp3) is 0.357. The molecular formula is C14H16N2O. The van der Waals surface area contributed by atoms with Crippen LogP contribution in [0, 0.1) is 5.92 Å². The van der Waals surface area contributed by atoms with Gasteiger partial charge >= 0.3 is 0 Å². The minimum atomic E-state index is 0.126. The molecule has 88 valence electrons. The van der Waals surface area contributed by atoms with Gasteiger partial charge in [-0.3, -0.25) is 4.79 Å². The second-order valence-electron chi connectivity index (χ2n) is 4.73. The Bertz CT molecular complexity index is 485. The summed E-state index contributed by atoms with van der Waals surface area (Å²) in [5, 5.41) is 0. The first-order chi connectivity index (χ1) is 8.27. The number of carbonyl (C=O) groups excluding carboxylic acids is 1. The summed E-state index contributed by atoms with van der Waals surface area (Å²) in [7, 11) is 0. The lowest BCUT2D eigenvalue weighted by Crippen LogP contribution is -2.34. The van der Waals surface area contributed by atoms with Gasteiger partial charge in [-0.2, -0.15) is 0 Å². The summed E-state index contributed by atoms with van der Waals surface area (Å²) < 4.78 is 0. The second kappa shape index (κ2) is 3.91. The van der Waals surface area contributed by atoms with Gasteiger partial charge in [-0.05, 0) is 30.9 Å². The van der Waals surface area contributed by atoms with Gasteiger partial charge in [0, 0.05) is 12.5 Å². The van der Waals surface area contributed by atoms with E-state index >= 15 is 0 Å². The summed E-state index contributed by atoms with van der Waals surface area (Å²) in [6.45, 7) is 0.777. The summed E-state index contributed by atoms with van der Waals surface area (Å²) in [6.07, 6.45) is 6.85. The number of hydrogen-bond donors (Lipinski definition) is 1. The van der Waals surface area contributed by atoms with Crippen LogP contribution in [0.1, 0.15) is 18.4 Å². The highest BCUT2D eigenvalue weighted by Crippen LogP contribution is 2.35. The van der Waals surface area contributed by atoms with Crippen molar-refractivity contribution in [2.75, 3.05) is 17.2 Å². The maximum atomic E-state index is 12.4. The van der Waals surface area contributed by atoms with E-state index in [-0.39, 0.29) is 11.8 Å². The van der Waals surface area contributed by atoms with Gasteiger partial charge in [0.25, 0.3) is 0 Å². The smallest absolute Gasteiger partial charge is 0.230 e. The highest BCUT2D eigenvalue weighted by Gasteiger charge is 2.31. The number of allylic oxidation sites excluding steroid dienone is 2. The number of nitrogen functional groups attached to an aromatic ring is 1. The first kappa shape index (κ1) is 10.4. The standard InChI is InChI=1S/C14H16N2O/c15-12-7-3-6-10-8-9-16(13(10)12)14(17)11-4-1-2-5-11/h1-3,6-7,11H,4-5,8-9,15H2. The van der Waals surface area contributed by atoms with Crippen molar-refractivity contribution >= 4 is 17.3 Å². The molecule has 0 fully saturated rings. The van der Waals surface area contributed by atoms with Crippen LogP contribution < -0.4 is 10.6 Å². The quantitative estimate of drug-likeness (QED) is 0.591. The summed E-state index contributed by atoms with van der Waals surface area (Å²) in [6, 6.07) is 5.89. The Morgan fingerprint density at radius 1 is 1.29 bits per heavy atom. The van der Waals surface area contributed by atoms with Crippen LogP contribution in [0.4, 0.5) is 11.4 Å². The van der Waals surface area contributed by atoms with Crippen LogP contribution in [0.5, 0.6) is 0 Å². The molecule has 0 saturated carbocycles. The zero-order chi connectivity index (χ0) is 11.8. The van der Waals surface area contributed by atoms with Crippen LogP contribution >= 0.6 is 0 Å². The molecule has 0 aromatic heterocycles. The first-order valence-electron chi connectivity index (χ1n) is 6.11. The van der Waals surface area contributed by atoms with Gasteiger partial charge in [-0.1, -0.05) is 24.3 Å². The van der Waals surface area contributed by atoms with E-state index in [1.165, 1.54) is 5.56 Å². The predicted octanol–water partition coefficient (Wildman–Crippen LogP) is 2.12. The summed E-state index contributed by atoms with van der Waals surface area (Å²) in [5.41, 5.74) is 8.86. The molecule has 1 aromatic carbocycles. The summed E-state index contributed by atoms with van der Waals surface area (Å²) >= 11 is 0. The van der Waals surface area contributed by atoms with Crippen molar-refractivity contribution in [1.29, 1.82) is 0 Å².